The van der Waals surface area contributed by atoms with Crippen molar-refractivity contribution in [1.29, 1.82) is 0 Å². The number of aromatic amines is 1. The highest BCUT2D eigenvalue weighted by Crippen LogP contribution is 2.36. The van der Waals surface area contributed by atoms with Crippen LogP contribution in [0.15, 0.2) is 6.20 Å². The predicted molar refractivity (Wildman–Crippen MR) is 57.2 cm³/mol. The fourth-order valence-electron chi connectivity index (χ4n) is 1.56. The average Bonchev–Trinajstić information content (AvgIpc) is 2.67. The second-order valence-corrected chi connectivity index (χ2v) is 4.86. The number of hydrogen-bond donors (Lipinski definition) is 1. The van der Waals surface area contributed by atoms with Crippen LogP contribution in [0.2, 0.25) is 0 Å². The lowest BCUT2D eigenvalue weighted by molar-refractivity contribution is 0.666. The van der Waals surface area contributed by atoms with Crippen LogP contribution in [0.1, 0.15) is 36.0 Å². The van der Waals surface area contributed by atoms with Crippen molar-refractivity contribution < 1.29 is 0 Å². The van der Waals surface area contributed by atoms with Gasteiger partial charge in [-0.2, -0.15) is 11.8 Å². The van der Waals surface area contributed by atoms with Gasteiger partial charge in [-0.05, 0) is 18.6 Å². The van der Waals surface area contributed by atoms with Gasteiger partial charge in [-0.1, -0.05) is 6.42 Å². The summed E-state index contributed by atoms with van der Waals surface area (Å²) >= 11 is 7.70. The zero-order chi connectivity index (χ0) is 9.10. The number of thioether (sulfide) groups is 1. The lowest BCUT2D eigenvalue weighted by Crippen LogP contribution is -2.03. The topological polar surface area (TPSA) is 28.7 Å². The Kier molecular flexibility index (Phi) is 3.17. The van der Waals surface area contributed by atoms with E-state index in [0.29, 0.717) is 11.1 Å². The molecule has 0 spiro atoms. The van der Waals surface area contributed by atoms with Crippen molar-refractivity contribution in [1.82, 2.24) is 9.97 Å². The summed E-state index contributed by atoms with van der Waals surface area (Å²) in [6.45, 7) is 0. The third-order valence-corrected chi connectivity index (χ3v) is 3.95. The molecule has 1 aromatic heterocycles. The van der Waals surface area contributed by atoms with E-state index >= 15 is 0 Å². The molecular formula is C9H13ClN2S. The number of H-pyrrole nitrogens is 1. The molecule has 72 valence electrons. The molecule has 2 heterocycles. The summed E-state index contributed by atoms with van der Waals surface area (Å²) in [6, 6.07) is 0. The molecule has 1 N–H and O–H groups in total. The molecule has 0 saturated carbocycles. The summed E-state index contributed by atoms with van der Waals surface area (Å²) in [7, 11) is 0. The lowest BCUT2D eigenvalue weighted by Gasteiger charge is -2.18. The molecule has 0 amide bonds. The van der Waals surface area contributed by atoms with Crippen molar-refractivity contribution in [3.8, 4) is 0 Å². The van der Waals surface area contributed by atoms with Crippen LogP contribution in [0.5, 0.6) is 0 Å². The molecule has 13 heavy (non-hydrogen) atoms. The molecule has 1 atom stereocenters. The van der Waals surface area contributed by atoms with Crippen molar-refractivity contribution in [2.45, 2.75) is 30.4 Å². The van der Waals surface area contributed by atoms with E-state index in [2.05, 4.69) is 9.97 Å². The Hall–Kier alpha value is -0.150. The molecule has 2 rings (SSSR count). The SMILES string of the molecule is ClCc1cnc(C2CCCCS2)[nH]1. The minimum absolute atomic E-state index is 0.532. The van der Waals surface area contributed by atoms with Crippen molar-refractivity contribution in [3.63, 3.8) is 0 Å². The number of halogens is 1. The standard InChI is InChI=1S/C9H13ClN2S/c10-5-7-6-11-9(12-7)8-3-1-2-4-13-8/h6,8H,1-5H2,(H,11,12). The maximum atomic E-state index is 5.70. The first kappa shape index (κ1) is 9.41. The largest absolute Gasteiger partial charge is 0.344 e. The summed E-state index contributed by atoms with van der Waals surface area (Å²) in [5, 5.41) is 0.575. The summed E-state index contributed by atoms with van der Waals surface area (Å²) in [4.78, 5) is 7.62. The van der Waals surface area contributed by atoms with Crippen LogP contribution < -0.4 is 0 Å². The van der Waals surface area contributed by atoms with Gasteiger partial charge in [0.25, 0.3) is 0 Å². The normalized spacial score (nSPS) is 23.3. The van der Waals surface area contributed by atoms with Crippen LogP contribution in [0.4, 0.5) is 0 Å². The van der Waals surface area contributed by atoms with E-state index in [9.17, 15) is 0 Å². The van der Waals surface area contributed by atoms with Gasteiger partial charge in [0.2, 0.25) is 0 Å². The van der Waals surface area contributed by atoms with Crippen LogP contribution in [0.25, 0.3) is 0 Å². The number of nitrogens with zero attached hydrogens (tertiary/aromatic N) is 1. The summed E-state index contributed by atoms with van der Waals surface area (Å²) in [6.07, 6.45) is 5.77. The van der Waals surface area contributed by atoms with E-state index in [1.54, 1.807) is 0 Å². The maximum Gasteiger partial charge on any atom is 0.119 e. The molecule has 4 heteroatoms. The Morgan fingerprint density at radius 1 is 1.62 bits per heavy atom. The maximum absolute atomic E-state index is 5.70. The molecule has 0 bridgehead atoms. The van der Waals surface area contributed by atoms with Gasteiger partial charge in [-0.15, -0.1) is 11.6 Å². The number of imidazole rings is 1. The van der Waals surface area contributed by atoms with Gasteiger partial charge in [0.1, 0.15) is 5.82 Å². The van der Waals surface area contributed by atoms with E-state index in [1.165, 1.54) is 25.0 Å². The minimum Gasteiger partial charge on any atom is -0.344 e. The first-order valence-electron chi connectivity index (χ1n) is 4.61. The Bertz CT molecular complexity index is 268. The highest BCUT2D eigenvalue weighted by atomic mass is 35.5. The smallest absolute Gasteiger partial charge is 0.119 e. The monoisotopic (exact) mass is 216 g/mol. The minimum atomic E-state index is 0.532. The third-order valence-electron chi connectivity index (χ3n) is 2.28. The fraction of sp³-hybridized carbons (Fsp3) is 0.667. The van der Waals surface area contributed by atoms with Crippen LogP contribution in [-0.4, -0.2) is 15.7 Å². The Balaban J connectivity index is 2.05. The predicted octanol–water partition coefficient (Wildman–Crippen LogP) is 3.11. The second kappa shape index (κ2) is 4.38. The molecule has 1 saturated heterocycles. The molecule has 1 aliphatic heterocycles. The Morgan fingerprint density at radius 3 is 3.15 bits per heavy atom. The second-order valence-electron chi connectivity index (χ2n) is 3.28. The summed E-state index contributed by atoms with van der Waals surface area (Å²) in [5.74, 6) is 2.91. The number of aromatic nitrogens is 2. The van der Waals surface area contributed by atoms with E-state index in [-0.39, 0.29) is 0 Å². The van der Waals surface area contributed by atoms with Gasteiger partial charge >= 0.3 is 0 Å². The Labute approximate surface area is 87.5 Å². The zero-order valence-corrected chi connectivity index (χ0v) is 9.00. The van der Waals surface area contributed by atoms with Crippen LogP contribution in [0.3, 0.4) is 0 Å². The van der Waals surface area contributed by atoms with Gasteiger partial charge in [-0.3, -0.25) is 0 Å². The molecule has 1 aromatic rings. The molecule has 1 fully saturated rings. The van der Waals surface area contributed by atoms with Crippen LogP contribution in [0, 0.1) is 0 Å². The van der Waals surface area contributed by atoms with Crippen molar-refractivity contribution in [2.24, 2.45) is 0 Å². The van der Waals surface area contributed by atoms with Gasteiger partial charge in [-0.25, -0.2) is 4.98 Å². The Morgan fingerprint density at radius 2 is 2.54 bits per heavy atom. The van der Waals surface area contributed by atoms with Gasteiger partial charge in [0.15, 0.2) is 0 Å². The zero-order valence-electron chi connectivity index (χ0n) is 7.42. The highest BCUT2D eigenvalue weighted by Gasteiger charge is 2.18. The highest BCUT2D eigenvalue weighted by molar-refractivity contribution is 7.99. The molecular weight excluding hydrogens is 204 g/mol. The molecule has 1 unspecified atom stereocenters. The lowest BCUT2D eigenvalue weighted by atomic mass is 10.2. The molecule has 1 aliphatic rings. The van der Waals surface area contributed by atoms with E-state index in [1.807, 2.05) is 18.0 Å². The van der Waals surface area contributed by atoms with Gasteiger partial charge < -0.3 is 4.98 Å². The first-order valence-corrected chi connectivity index (χ1v) is 6.20. The number of alkyl halides is 1. The third kappa shape index (κ3) is 2.20. The molecule has 2 nitrogen and oxygen atoms in total. The number of nitrogens with one attached hydrogen (secondary N) is 1. The molecule has 0 radical (unpaired) electrons. The average molecular weight is 217 g/mol. The van der Waals surface area contributed by atoms with Gasteiger partial charge in [0, 0.05) is 11.9 Å². The van der Waals surface area contributed by atoms with E-state index in [4.69, 9.17) is 11.6 Å². The molecule has 0 aromatic carbocycles. The van der Waals surface area contributed by atoms with Crippen LogP contribution in [-0.2, 0) is 5.88 Å². The van der Waals surface area contributed by atoms with Crippen molar-refractivity contribution >= 4 is 23.4 Å². The summed E-state index contributed by atoms with van der Waals surface area (Å²) in [5.41, 5.74) is 1.03. The number of hydrogen-bond acceptors (Lipinski definition) is 2. The van der Waals surface area contributed by atoms with Crippen LogP contribution >= 0.6 is 23.4 Å². The van der Waals surface area contributed by atoms with Gasteiger partial charge in [0.05, 0.1) is 11.1 Å². The first-order chi connectivity index (χ1) is 6.40. The quantitative estimate of drug-likeness (QED) is 0.770. The van der Waals surface area contributed by atoms with E-state index < -0.39 is 0 Å². The molecule has 0 aliphatic carbocycles. The fourth-order valence-corrected chi connectivity index (χ4v) is 2.97. The van der Waals surface area contributed by atoms with Crippen molar-refractivity contribution in [2.75, 3.05) is 5.75 Å². The van der Waals surface area contributed by atoms with E-state index in [0.717, 1.165) is 11.5 Å². The summed E-state index contributed by atoms with van der Waals surface area (Å²) < 4.78 is 0. The van der Waals surface area contributed by atoms with Crippen molar-refractivity contribution in [3.05, 3.63) is 17.7 Å². The number of rotatable bonds is 2.